The number of tetrazole rings is 1. The summed E-state index contributed by atoms with van der Waals surface area (Å²) in [6.45, 7) is 2.33. The van der Waals surface area contributed by atoms with E-state index in [2.05, 4.69) is 32.0 Å². The van der Waals surface area contributed by atoms with Crippen LogP contribution in [0.3, 0.4) is 0 Å². The third-order valence-corrected chi connectivity index (χ3v) is 2.49. The number of rotatable bonds is 5. The van der Waals surface area contributed by atoms with Gasteiger partial charge in [0.2, 0.25) is 5.82 Å². The second-order valence-corrected chi connectivity index (χ2v) is 3.81. The van der Waals surface area contributed by atoms with Crippen molar-refractivity contribution in [2.75, 3.05) is 11.9 Å². The highest BCUT2D eigenvalue weighted by atomic mass is 16.5. The number of hydrogen-bond donors (Lipinski definition) is 2. The minimum absolute atomic E-state index is 0.191. The fourth-order valence-corrected chi connectivity index (χ4v) is 1.57. The monoisotopic (exact) mass is 281 g/mol. The molecule has 8 heteroatoms. The van der Waals surface area contributed by atoms with Crippen LogP contribution in [0.1, 0.15) is 18.3 Å². The number of nitrogens with one attached hydrogen (secondary N) is 2. The second-order valence-electron chi connectivity index (χ2n) is 3.81. The first-order valence-corrected chi connectivity index (χ1v) is 6.06. The molecule has 2 aromatic rings. The molecule has 0 bridgehead atoms. The molecule has 21 heavy (non-hydrogen) atoms. The summed E-state index contributed by atoms with van der Waals surface area (Å²) in [7, 11) is 0. The third kappa shape index (κ3) is 3.33. The molecule has 0 saturated carbocycles. The molecule has 0 saturated heterocycles. The van der Waals surface area contributed by atoms with Crippen molar-refractivity contribution >= 4 is 11.3 Å². The van der Waals surface area contributed by atoms with E-state index in [1.54, 1.807) is 18.2 Å². The number of anilines is 1. The Hall–Kier alpha value is -3.39. The van der Waals surface area contributed by atoms with Crippen molar-refractivity contribution in [2.24, 2.45) is 0 Å². The molecule has 1 aromatic heterocycles. The number of nitrogens with zero attached hydrogens (tertiary/aromatic N) is 5. The maximum Gasteiger partial charge on any atom is 0.216 e. The summed E-state index contributed by atoms with van der Waals surface area (Å²) in [5, 5.41) is 34.1. The number of nitriles is 2. The predicted octanol–water partition coefficient (Wildman–Crippen LogP) is 1.45. The molecule has 1 heterocycles. The molecule has 0 unspecified atom stereocenters. The van der Waals surface area contributed by atoms with E-state index in [1.807, 2.05) is 13.0 Å². The highest BCUT2D eigenvalue weighted by Crippen LogP contribution is 2.22. The number of ether oxygens (including phenoxy) is 1. The molecule has 0 radical (unpaired) electrons. The first-order valence-electron chi connectivity index (χ1n) is 6.06. The van der Waals surface area contributed by atoms with Gasteiger partial charge in [0.15, 0.2) is 0 Å². The quantitative estimate of drug-likeness (QED) is 0.795. The summed E-state index contributed by atoms with van der Waals surface area (Å²) in [6.07, 6.45) is 1.45. The van der Waals surface area contributed by atoms with Gasteiger partial charge in [-0.2, -0.15) is 15.7 Å². The fraction of sp³-hybridized carbons (Fsp3) is 0.154. The van der Waals surface area contributed by atoms with Gasteiger partial charge in [-0.15, -0.1) is 10.2 Å². The summed E-state index contributed by atoms with van der Waals surface area (Å²) >= 11 is 0. The van der Waals surface area contributed by atoms with E-state index in [0.717, 1.165) is 0 Å². The number of allylic oxidation sites excluding steroid dienone is 1. The van der Waals surface area contributed by atoms with Crippen LogP contribution in [-0.2, 0) is 0 Å². The number of aromatic nitrogens is 4. The molecule has 1 aromatic carbocycles. The Morgan fingerprint density at radius 1 is 1.48 bits per heavy atom. The Morgan fingerprint density at radius 2 is 2.33 bits per heavy atom. The van der Waals surface area contributed by atoms with Crippen LogP contribution in [-0.4, -0.2) is 27.2 Å². The van der Waals surface area contributed by atoms with Crippen LogP contribution in [0.2, 0.25) is 0 Å². The van der Waals surface area contributed by atoms with Gasteiger partial charge in [-0.3, -0.25) is 0 Å². The highest BCUT2D eigenvalue weighted by molar-refractivity contribution is 5.74. The smallest absolute Gasteiger partial charge is 0.216 e. The van der Waals surface area contributed by atoms with Crippen LogP contribution in [0.15, 0.2) is 24.4 Å². The Morgan fingerprint density at radius 3 is 2.95 bits per heavy atom. The predicted molar refractivity (Wildman–Crippen MR) is 73.7 cm³/mol. The average molecular weight is 281 g/mol. The van der Waals surface area contributed by atoms with Crippen molar-refractivity contribution in [1.82, 2.24) is 20.6 Å². The van der Waals surface area contributed by atoms with Gasteiger partial charge >= 0.3 is 0 Å². The van der Waals surface area contributed by atoms with E-state index >= 15 is 0 Å². The molecule has 8 nitrogen and oxygen atoms in total. The van der Waals surface area contributed by atoms with Gasteiger partial charge in [-0.25, -0.2) is 0 Å². The Labute approximate surface area is 120 Å². The van der Waals surface area contributed by atoms with Gasteiger partial charge in [-0.05, 0) is 30.3 Å². The molecule has 0 aliphatic carbocycles. The van der Waals surface area contributed by atoms with Crippen molar-refractivity contribution in [3.8, 4) is 17.9 Å². The molecule has 0 fully saturated rings. The Bertz CT molecular complexity index is 722. The molecule has 2 N–H and O–H groups in total. The minimum Gasteiger partial charge on any atom is -0.492 e. The number of hydrogen-bond acceptors (Lipinski definition) is 7. The summed E-state index contributed by atoms with van der Waals surface area (Å²) in [6, 6.07) is 9.09. The van der Waals surface area contributed by atoms with Gasteiger partial charge in [0.1, 0.15) is 23.5 Å². The molecule has 0 aliphatic rings. The lowest BCUT2D eigenvalue weighted by molar-refractivity contribution is 0.339. The molecular formula is C13H11N7O. The van der Waals surface area contributed by atoms with Crippen LogP contribution in [0, 0.1) is 22.7 Å². The van der Waals surface area contributed by atoms with Crippen molar-refractivity contribution in [2.45, 2.75) is 6.92 Å². The maximum atomic E-state index is 9.09. The molecule has 0 aliphatic heterocycles. The van der Waals surface area contributed by atoms with Crippen LogP contribution < -0.4 is 10.1 Å². The molecule has 0 spiro atoms. The van der Waals surface area contributed by atoms with Gasteiger partial charge in [0.25, 0.3) is 0 Å². The number of aromatic amines is 1. The van der Waals surface area contributed by atoms with E-state index in [4.69, 9.17) is 15.3 Å². The van der Waals surface area contributed by atoms with Crippen LogP contribution >= 0.6 is 0 Å². The van der Waals surface area contributed by atoms with E-state index < -0.39 is 0 Å². The molecular weight excluding hydrogens is 270 g/mol. The van der Waals surface area contributed by atoms with Crippen molar-refractivity contribution in [3.05, 3.63) is 35.8 Å². The van der Waals surface area contributed by atoms with E-state index in [-0.39, 0.29) is 11.4 Å². The van der Waals surface area contributed by atoms with Gasteiger partial charge in [0, 0.05) is 11.9 Å². The van der Waals surface area contributed by atoms with Crippen molar-refractivity contribution in [1.29, 1.82) is 10.5 Å². The first kappa shape index (κ1) is 14.0. The van der Waals surface area contributed by atoms with E-state index in [9.17, 15) is 0 Å². The van der Waals surface area contributed by atoms with Crippen LogP contribution in [0.4, 0.5) is 5.69 Å². The standard InChI is InChI=1S/C13H11N7O/c1-2-21-12-4-3-11(5-9(12)6-14)16-8-10(7-15)13-17-19-20-18-13/h3-5,8,16H,2H2,1H3,(H,17,18,19,20). The van der Waals surface area contributed by atoms with E-state index in [0.29, 0.717) is 23.6 Å². The first-order chi connectivity index (χ1) is 10.3. The largest absolute Gasteiger partial charge is 0.492 e. The SMILES string of the molecule is CCOc1ccc(NC=C(C#N)c2nn[nH]n2)cc1C#N. The lowest BCUT2D eigenvalue weighted by Crippen LogP contribution is -1.97. The van der Waals surface area contributed by atoms with Crippen molar-refractivity contribution < 1.29 is 4.74 Å². The zero-order valence-electron chi connectivity index (χ0n) is 11.2. The second kappa shape index (κ2) is 6.68. The molecule has 0 atom stereocenters. The molecule has 0 amide bonds. The molecule has 2 rings (SSSR count). The van der Waals surface area contributed by atoms with Gasteiger partial charge < -0.3 is 10.1 Å². The zero-order chi connectivity index (χ0) is 15.1. The summed E-state index contributed by atoms with van der Waals surface area (Å²) < 4.78 is 5.34. The van der Waals surface area contributed by atoms with Gasteiger partial charge in [0.05, 0.1) is 12.2 Å². The third-order valence-electron chi connectivity index (χ3n) is 2.49. The lowest BCUT2D eigenvalue weighted by atomic mass is 10.2. The number of H-pyrrole nitrogens is 1. The summed E-state index contributed by atoms with van der Waals surface area (Å²) in [5.74, 6) is 0.713. The van der Waals surface area contributed by atoms with E-state index in [1.165, 1.54) is 6.20 Å². The summed E-state index contributed by atoms with van der Waals surface area (Å²) in [5.41, 5.74) is 1.27. The number of benzene rings is 1. The van der Waals surface area contributed by atoms with Crippen LogP contribution in [0.25, 0.3) is 5.57 Å². The van der Waals surface area contributed by atoms with Gasteiger partial charge in [-0.1, -0.05) is 0 Å². The zero-order valence-corrected chi connectivity index (χ0v) is 11.2. The Balaban J connectivity index is 2.21. The fourth-order valence-electron chi connectivity index (χ4n) is 1.57. The minimum atomic E-state index is 0.191. The normalized spacial score (nSPS) is 10.5. The lowest BCUT2D eigenvalue weighted by Gasteiger charge is -2.07. The summed E-state index contributed by atoms with van der Waals surface area (Å²) in [4.78, 5) is 0. The highest BCUT2D eigenvalue weighted by Gasteiger charge is 2.07. The molecule has 104 valence electrons. The average Bonchev–Trinajstić information content (AvgIpc) is 3.03. The van der Waals surface area contributed by atoms with Crippen LogP contribution in [0.5, 0.6) is 5.75 Å². The Kier molecular flexibility index (Phi) is 4.46. The maximum absolute atomic E-state index is 9.09. The van der Waals surface area contributed by atoms with Crippen molar-refractivity contribution in [3.63, 3.8) is 0 Å². The topological polar surface area (TPSA) is 123 Å².